The van der Waals surface area contributed by atoms with Gasteiger partial charge in [0.25, 0.3) is 0 Å². The fourth-order valence-corrected chi connectivity index (χ4v) is 10.8. The minimum absolute atomic E-state index is 0. The minimum Gasteiger partial charge on any atom is -0.744 e. The number of aliphatic hydroxyl groups excluding tert-OH is 2. The zero-order valence-electron chi connectivity index (χ0n) is 36.7. The molecule has 66 heavy (non-hydrogen) atoms. The van der Waals surface area contributed by atoms with Crippen LogP contribution in [0, 0.1) is 27.9 Å². The van der Waals surface area contributed by atoms with Gasteiger partial charge in [-0.15, -0.1) is 14.3 Å². The van der Waals surface area contributed by atoms with E-state index >= 15 is 0 Å². The number of benzene rings is 4. The molecule has 0 bridgehead atoms. The van der Waals surface area contributed by atoms with Crippen LogP contribution < -0.4 is 109 Å². The van der Waals surface area contributed by atoms with Gasteiger partial charge < -0.3 is 50.2 Å². The smallest absolute Gasteiger partial charge is 0.744 e. The van der Waals surface area contributed by atoms with Crippen molar-refractivity contribution in [1.82, 2.24) is 4.98 Å². The molecular weight excluding hydrogens is 1050 g/mol. The molecular formula is C41H47N4Na3O13PS3Tc+2. The van der Waals surface area contributed by atoms with E-state index in [1.54, 1.807) is 54.7 Å². The van der Waals surface area contributed by atoms with Crippen molar-refractivity contribution in [2.75, 3.05) is 25.2 Å². The van der Waals surface area contributed by atoms with Crippen LogP contribution in [-0.2, 0) is 79.5 Å². The number of quaternary nitrogens is 1. The summed E-state index contributed by atoms with van der Waals surface area (Å²) < 4.78 is 83.2. The van der Waals surface area contributed by atoms with Crippen LogP contribution in [0.5, 0.6) is 5.75 Å². The van der Waals surface area contributed by atoms with E-state index in [0.717, 1.165) is 23.2 Å². The Morgan fingerprint density at radius 3 is 1.70 bits per heavy atom. The van der Waals surface area contributed by atoms with Gasteiger partial charge in [-0.1, -0.05) is 54.6 Å². The molecule has 1 unspecified atom stereocenters. The SMILES string of the molecule is [CH2-]OCC(CO)(CO)[NH+]([CH2-])Cc1ccccc1O[CH2-].[CH2-][P+](Cc1cccc(SOO[O-])c1)(Cc1cccc(S(=O)(=O)[O-])c1)Cc1cccc(S(=O)(=O)[O-])c1.[NH-]Nc1ccccn1.[Na+].[Na+].[Na+].[Tc+5]. The van der Waals surface area contributed by atoms with Gasteiger partial charge in [0.2, 0.25) is 0 Å². The van der Waals surface area contributed by atoms with Crippen LogP contribution in [-0.4, -0.2) is 66.5 Å². The Morgan fingerprint density at radius 1 is 0.773 bits per heavy atom. The predicted molar refractivity (Wildman–Crippen MR) is 230 cm³/mol. The summed E-state index contributed by atoms with van der Waals surface area (Å²) in [5.74, 6) is 7.85. The van der Waals surface area contributed by atoms with Crippen molar-refractivity contribution in [3.05, 3.63) is 177 Å². The van der Waals surface area contributed by atoms with E-state index < -0.39 is 33.0 Å². The normalized spacial score (nSPS) is 11.5. The second-order valence-electron chi connectivity index (χ2n) is 13.7. The van der Waals surface area contributed by atoms with Crippen LogP contribution >= 0.6 is 19.3 Å². The summed E-state index contributed by atoms with van der Waals surface area (Å²) in [5.41, 5.74) is 4.17. The molecule has 1 atom stereocenters. The van der Waals surface area contributed by atoms with E-state index in [4.69, 9.17) is 15.3 Å². The van der Waals surface area contributed by atoms with Gasteiger partial charge in [-0.05, 0) is 77.4 Å². The van der Waals surface area contributed by atoms with Gasteiger partial charge >= 0.3 is 109 Å². The van der Waals surface area contributed by atoms with Crippen molar-refractivity contribution in [3.63, 3.8) is 0 Å². The second-order valence-corrected chi connectivity index (χ2v) is 20.9. The standard InChI is InChI=1S/C22H23O9PS3.C14H21NO4.C5H6N3.3Na.Tc/c1-32(14-17-5-2-8-20(11-17)33-31-30-23,15-18-6-3-9-21(12-18)34(24,25)26)16-19-7-4-10-22(13-19)35(27,28)29;1-15(14(9-16,10-17)11-18-2)8-12-6-4-5-7-13(12)19-3;6-8-5-3-1-2-4-7-5;;;;/h2-13,23H,1,14-16H2,(H,24,25,26)(H,27,28,29);4-7,15-17H,1-3,8-11H2;1-4,6H,(H,7,8);;;;/q;-2;-1;3*+1;+5/p-3. The number of hydrogen-bond acceptors (Lipinski definition) is 16. The molecule has 5 aromatic rings. The number of aliphatic hydroxyl groups is 2. The average molecular weight is 1100 g/mol. The molecule has 0 spiro atoms. The molecule has 0 amide bonds. The number of ether oxygens (including phenoxy) is 2. The van der Waals surface area contributed by atoms with E-state index in [-0.39, 0.29) is 138 Å². The third kappa shape index (κ3) is 23.2. The summed E-state index contributed by atoms with van der Waals surface area (Å²) in [6, 6.07) is 31.3. The molecule has 25 heteroatoms. The number of anilines is 1. The van der Waals surface area contributed by atoms with Crippen LogP contribution in [0.25, 0.3) is 5.84 Å². The summed E-state index contributed by atoms with van der Waals surface area (Å²) in [4.78, 5) is 4.35. The number of aromatic nitrogens is 1. The molecule has 0 saturated carbocycles. The van der Waals surface area contributed by atoms with E-state index in [1.807, 2.05) is 30.3 Å². The van der Waals surface area contributed by atoms with Gasteiger partial charge in [-0.25, -0.2) is 28.9 Å². The zero-order chi connectivity index (χ0) is 45.8. The first-order valence-electron chi connectivity index (χ1n) is 18.1. The minimum atomic E-state index is -4.65. The molecule has 0 aliphatic carbocycles. The first-order valence-corrected chi connectivity index (χ1v) is 24.2. The van der Waals surface area contributed by atoms with E-state index in [1.165, 1.54) is 36.4 Å². The average Bonchev–Trinajstić information content (AvgIpc) is 3.25. The number of para-hydroxylation sites is 1. The molecule has 1 aromatic heterocycles. The number of nitrogens with zero attached hydrogens (tertiary/aromatic N) is 1. The summed E-state index contributed by atoms with van der Waals surface area (Å²) in [6.45, 7) is 4.51. The molecule has 0 fully saturated rings. The van der Waals surface area contributed by atoms with Crippen LogP contribution in [0.2, 0.25) is 0 Å². The number of pyridine rings is 1. The van der Waals surface area contributed by atoms with Gasteiger partial charge in [0.05, 0.1) is 59.2 Å². The fraction of sp³-hybridized carbons (Fsp3) is 0.195. The topological polar surface area (TPSA) is 268 Å². The molecule has 4 aromatic carbocycles. The Hall–Kier alpha value is -0.441. The first kappa shape index (κ1) is 67.6. The van der Waals surface area contributed by atoms with Gasteiger partial charge in [0.1, 0.15) is 44.8 Å². The van der Waals surface area contributed by atoms with Gasteiger partial charge in [0.15, 0.2) is 0 Å². The first-order chi connectivity index (χ1) is 29.4. The third-order valence-electron chi connectivity index (χ3n) is 9.04. The van der Waals surface area contributed by atoms with E-state index in [9.17, 15) is 41.4 Å². The van der Waals surface area contributed by atoms with Gasteiger partial charge in [-0.2, -0.15) is 18.1 Å². The zero-order valence-corrected chi connectivity index (χ0v) is 47.9. The van der Waals surface area contributed by atoms with Crippen molar-refractivity contribution in [3.8, 4) is 5.75 Å². The maximum Gasteiger partial charge on any atom is 5.00 e. The maximum absolute atomic E-state index is 11.5. The Bertz CT molecular complexity index is 2290. The Labute approximate surface area is 472 Å². The monoisotopic (exact) mass is 1100 g/mol. The molecule has 0 aliphatic heterocycles. The number of hydrogen-bond donors (Lipinski definition) is 4. The largest absolute Gasteiger partial charge is 5.00 e. The van der Waals surface area contributed by atoms with E-state index in [2.05, 4.69) is 47.7 Å². The Kier molecular flexibility index (Phi) is 34.9. The molecule has 0 aliphatic rings. The van der Waals surface area contributed by atoms with Gasteiger partial charge in [-0.3, -0.25) is 5.04 Å². The Balaban J connectivity index is 0. The number of nitrogens with one attached hydrogen (secondary N) is 3. The van der Waals surface area contributed by atoms with Crippen LogP contribution in [0.15, 0.2) is 136 Å². The third-order valence-corrected chi connectivity index (χ3v) is 14.4. The molecule has 5 rings (SSSR count). The van der Waals surface area contributed by atoms with Crippen LogP contribution in [0.1, 0.15) is 22.3 Å². The van der Waals surface area contributed by atoms with Crippen molar-refractivity contribution in [1.29, 1.82) is 0 Å². The van der Waals surface area contributed by atoms with Crippen molar-refractivity contribution in [2.45, 2.75) is 45.3 Å². The second kappa shape index (κ2) is 34.0. The maximum atomic E-state index is 11.5. The van der Waals surface area contributed by atoms with Crippen molar-refractivity contribution < 1.29 is 174 Å². The van der Waals surface area contributed by atoms with Crippen LogP contribution in [0.4, 0.5) is 5.82 Å². The molecule has 0 saturated heterocycles. The summed E-state index contributed by atoms with van der Waals surface area (Å²) in [5, 5.41) is 32.5. The summed E-state index contributed by atoms with van der Waals surface area (Å²) >= 11 is 0.732. The summed E-state index contributed by atoms with van der Waals surface area (Å²) in [7, 11) is -0.964. The van der Waals surface area contributed by atoms with Crippen molar-refractivity contribution >= 4 is 45.4 Å². The molecule has 17 nitrogen and oxygen atoms in total. The molecule has 5 N–H and O–H groups in total. The molecule has 0 radical (unpaired) electrons. The quantitative estimate of drug-likeness (QED) is 0.0109. The summed E-state index contributed by atoms with van der Waals surface area (Å²) in [6.07, 6.45) is 2.75. The van der Waals surface area contributed by atoms with Gasteiger partial charge in [0, 0.05) is 16.7 Å². The fourth-order valence-electron chi connectivity index (χ4n) is 5.98. The van der Waals surface area contributed by atoms with Crippen LogP contribution in [0.3, 0.4) is 0 Å². The number of rotatable bonds is 20. The molecule has 1 heterocycles. The molecule has 340 valence electrons. The Morgan fingerprint density at radius 2 is 1.27 bits per heavy atom. The van der Waals surface area contributed by atoms with E-state index in [0.29, 0.717) is 57.5 Å². The predicted octanol–water partition coefficient (Wildman–Crippen LogP) is -4.53. The van der Waals surface area contributed by atoms with Crippen molar-refractivity contribution in [2.24, 2.45) is 0 Å².